The first-order valence-electron chi connectivity index (χ1n) is 5.85. The lowest BCUT2D eigenvalue weighted by Crippen LogP contribution is -2.37. The molecule has 0 aliphatic rings. The first-order chi connectivity index (χ1) is 8.00. The Morgan fingerprint density at radius 1 is 1.44 bits per heavy atom. The molecular formula is C13H22N2O3. The van der Waals surface area contributed by atoms with E-state index in [0.29, 0.717) is 12.0 Å². The monoisotopic (exact) mass is 254 g/mol. The van der Waals surface area contributed by atoms with E-state index in [-0.39, 0.29) is 6.15 Å². The van der Waals surface area contributed by atoms with Crippen LogP contribution in [0.4, 0.5) is 0 Å². The summed E-state index contributed by atoms with van der Waals surface area (Å²) in [5.74, 6) is -1.75. The topological polar surface area (TPSA) is 105 Å². The van der Waals surface area contributed by atoms with Crippen LogP contribution in [0.15, 0.2) is 24.5 Å². The Morgan fingerprint density at radius 2 is 2.00 bits per heavy atom. The van der Waals surface area contributed by atoms with Gasteiger partial charge in [0.2, 0.25) is 0 Å². The Hall–Kier alpha value is -1.46. The maximum atomic E-state index is 11.2. The number of aromatic nitrogens is 1. The summed E-state index contributed by atoms with van der Waals surface area (Å²) in [6.45, 7) is 3.55. The number of carboxylic acids is 1. The van der Waals surface area contributed by atoms with E-state index >= 15 is 0 Å². The zero-order chi connectivity index (χ0) is 12.9. The molecule has 0 aliphatic heterocycles. The average molecular weight is 254 g/mol. The molecule has 0 fully saturated rings. The number of pyridine rings is 1. The van der Waals surface area contributed by atoms with Gasteiger partial charge in [0.15, 0.2) is 0 Å². The molecule has 0 radical (unpaired) electrons. The van der Waals surface area contributed by atoms with Crippen molar-refractivity contribution in [3.05, 3.63) is 30.1 Å². The number of hydrogen-bond acceptors (Lipinski definition) is 4. The molecule has 2 unspecified atom stereocenters. The molecule has 1 aromatic heterocycles. The van der Waals surface area contributed by atoms with E-state index in [9.17, 15) is 15.0 Å². The lowest BCUT2D eigenvalue weighted by molar-refractivity contribution is -0.152. The van der Waals surface area contributed by atoms with Crippen molar-refractivity contribution in [3.63, 3.8) is 0 Å². The van der Waals surface area contributed by atoms with Gasteiger partial charge in [-0.15, -0.1) is 0 Å². The van der Waals surface area contributed by atoms with Crippen LogP contribution in [0, 0.1) is 5.92 Å². The molecule has 0 saturated carbocycles. The number of hydrogen-bond donors (Lipinski definition) is 3. The molecule has 1 rings (SSSR count). The van der Waals surface area contributed by atoms with Crippen LogP contribution in [0.5, 0.6) is 0 Å². The molecule has 102 valence electrons. The summed E-state index contributed by atoms with van der Waals surface area (Å²) >= 11 is 0. The maximum Gasteiger partial charge on any atom is 0.309 e. The molecule has 0 spiro atoms. The van der Waals surface area contributed by atoms with Crippen molar-refractivity contribution in [1.29, 1.82) is 0 Å². The van der Waals surface area contributed by atoms with Gasteiger partial charge in [0, 0.05) is 12.4 Å². The standard InChI is InChI=1S/C13H19NO3.H3N/c1-3-4-5-11(12(15)16)13(2,17)10-6-8-14-9-7-10;/h6-9,11,17H,3-5H2,1-2H3,(H,15,16);1H3. The Balaban J connectivity index is 0.00000289. The number of carbonyl (C=O) groups is 1. The van der Waals surface area contributed by atoms with Crippen LogP contribution in [-0.4, -0.2) is 21.2 Å². The fourth-order valence-electron chi connectivity index (χ4n) is 1.94. The highest BCUT2D eigenvalue weighted by Crippen LogP contribution is 2.32. The third kappa shape index (κ3) is 3.78. The minimum atomic E-state index is -1.36. The molecule has 0 aliphatic carbocycles. The van der Waals surface area contributed by atoms with Crippen LogP contribution >= 0.6 is 0 Å². The summed E-state index contributed by atoms with van der Waals surface area (Å²) in [4.78, 5) is 15.1. The lowest BCUT2D eigenvalue weighted by Gasteiger charge is -2.30. The van der Waals surface area contributed by atoms with Crippen LogP contribution in [0.2, 0.25) is 0 Å². The predicted molar refractivity (Wildman–Crippen MR) is 69.5 cm³/mol. The molecule has 18 heavy (non-hydrogen) atoms. The SMILES string of the molecule is CCCCC(C(=O)O)C(C)(O)c1ccncc1.N. The van der Waals surface area contributed by atoms with Gasteiger partial charge in [0.1, 0.15) is 5.60 Å². The largest absolute Gasteiger partial charge is 0.481 e. The van der Waals surface area contributed by atoms with E-state index in [1.54, 1.807) is 31.5 Å². The molecule has 1 aromatic rings. The highest BCUT2D eigenvalue weighted by molar-refractivity contribution is 5.71. The number of carboxylic acid groups (broad SMARTS) is 1. The van der Waals surface area contributed by atoms with Crippen molar-refractivity contribution in [1.82, 2.24) is 11.1 Å². The number of aliphatic hydroxyl groups is 1. The third-order valence-corrected chi connectivity index (χ3v) is 3.09. The highest BCUT2D eigenvalue weighted by atomic mass is 16.4. The van der Waals surface area contributed by atoms with Gasteiger partial charge >= 0.3 is 5.97 Å². The van der Waals surface area contributed by atoms with Gasteiger partial charge < -0.3 is 16.4 Å². The molecule has 5 heteroatoms. The van der Waals surface area contributed by atoms with Crippen molar-refractivity contribution >= 4 is 5.97 Å². The summed E-state index contributed by atoms with van der Waals surface area (Å²) in [6, 6.07) is 3.31. The Labute approximate surface area is 107 Å². The first-order valence-corrected chi connectivity index (χ1v) is 5.85. The van der Waals surface area contributed by atoms with E-state index in [0.717, 1.165) is 12.8 Å². The van der Waals surface area contributed by atoms with Crippen molar-refractivity contribution in [2.75, 3.05) is 0 Å². The smallest absolute Gasteiger partial charge is 0.309 e. The quantitative estimate of drug-likeness (QED) is 0.722. The molecule has 5 N–H and O–H groups in total. The third-order valence-electron chi connectivity index (χ3n) is 3.09. The van der Waals surface area contributed by atoms with Gasteiger partial charge in [-0.3, -0.25) is 9.78 Å². The van der Waals surface area contributed by atoms with E-state index in [2.05, 4.69) is 4.98 Å². The molecule has 0 bridgehead atoms. The fraction of sp³-hybridized carbons (Fsp3) is 0.538. The molecule has 1 heterocycles. The molecule has 0 aromatic carbocycles. The molecule has 2 atom stereocenters. The van der Waals surface area contributed by atoms with Gasteiger partial charge in [-0.1, -0.05) is 19.8 Å². The zero-order valence-corrected chi connectivity index (χ0v) is 11.0. The number of nitrogens with zero attached hydrogens (tertiary/aromatic N) is 1. The lowest BCUT2D eigenvalue weighted by atomic mass is 9.80. The second-order valence-corrected chi connectivity index (χ2v) is 4.42. The minimum Gasteiger partial charge on any atom is -0.481 e. The zero-order valence-electron chi connectivity index (χ0n) is 11.0. The van der Waals surface area contributed by atoms with Crippen LogP contribution in [0.1, 0.15) is 38.7 Å². The van der Waals surface area contributed by atoms with E-state index in [4.69, 9.17) is 0 Å². The van der Waals surface area contributed by atoms with Crippen LogP contribution < -0.4 is 6.15 Å². The summed E-state index contributed by atoms with van der Waals surface area (Å²) < 4.78 is 0. The summed E-state index contributed by atoms with van der Waals surface area (Å²) in [5, 5.41) is 19.7. The Morgan fingerprint density at radius 3 is 2.44 bits per heavy atom. The van der Waals surface area contributed by atoms with E-state index in [1.165, 1.54) is 0 Å². The molecular weight excluding hydrogens is 232 g/mol. The van der Waals surface area contributed by atoms with Crippen molar-refractivity contribution in [3.8, 4) is 0 Å². The second kappa shape index (κ2) is 7.08. The predicted octanol–water partition coefficient (Wildman–Crippen LogP) is 2.34. The first kappa shape index (κ1) is 16.5. The minimum absolute atomic E-state index is 0. The van der Waals surface area contributed by atoms with Crippen LogP contribution in [0.3, 0.4) is 0 Å². The molecule has 0 amide bonds. The Kier molecular flexibility index (Phi) is 6.51. The van der Waals surface area contributed by atoms with Crippen LogP contribution in [0.25, 0.3) is 0 Å². The van der Waals surface area contributed by atoms with Gasteiger partial charge in [0.25, 0.3) is 0 Å². The summed E-state index contributed by atoms with van der Waals surface area (Å²) in [6.07, 6.45) is 5.29. The van der Waals surface area contributed by atoms with Gasteiger partial charge in [-0.25, -0.2) is 0 Å². The summed E-state index contributed by atoms with van der Waals surface area (Å²) in [5.41, 5.74) is -0.764. The van der Waals surface area contributed by atoms with Crippen molar-refractivity contribution in [2.45, 2.75) is 38.7 Å². The number of aliphatic carboxylic acids is 1. The molecule has 5 nitrogen and oxygen atoms in total. The van der Waals surface area contributed by atoms with Crippen LogP contribution in [-0.2, 0) is 10.4 Å². The summed E-state index contributed by atoms with van der Waals surface area (Å²) in [7, 11) is 0. The highest BCUT2D eigenvalue weighted by Gasteiger charge is 2.38. The van der Waals surface area contributed by atoms with Gasteiger partial charge in [0.05, 0.1) is 5.92 Å². The van der Waals surface area contributed by atoms with E-state index < -0.39 is 17.5 Å². The average Bonchev–Trinajstić information content (AvgIpc) is 2.30. The van der Waals surface area contributed by atoms with Crippen molar-refractivity contribution < 1.29 is 15.0 Å². The fourth-order valence-corrected chi connectivity index (χ4v) is 1.94. The van der Waals surface area contributed by atoms with Crippen molar-refractivity contribution in [2.24, 2.45) is 5.92 Å². The van der Waals surface area contributed by atoms with Gasteiger partial charge in [-0.05, 0) is 31.0 Å². The Bertz CT molecular complexity index is 366. The molecule has 0 saturated heterocycles. The number of rotatable bonds is 6. The van der Waals surface area contributed by atoms with E-state index in [1.807, 2.05) is 6.92 Å². The number of unbranched alkanes of at least 4 members (excludes halogenated alkanes) is 1. The second-order valence-electron chi connectivity index (χ2n) is 4.42. The maximum absolute atomic E-state index is 11.2. The van der Waals surface area contributed by atoms with Gasteiger partial charge in [-0.2, -0.15) is 0 Å². The normalized spacial score (nSPS) is 15.3.